The number of nitro groups is 1. The molecule has 0 saturated heterocycles. The second-order valence-electron chi connectivity index (χ2n) is 3.23. The van der Waals surface area contributed by atoms with Crippen molar-refractivity contribution in [2.24, 2.45) is 0 Å². The molecule has 1 atom stereocenters. The van der Waals surface area contributed by atoms with Crippen molar-refractivity contribution in [1.29, 1.82) is 0 Å². The maximum absolute atomic E-state index is 11.3. The monoisotopic (exact) mass is 274 g/mol. The summed E-state index contributed by atoms with van der Waals surface area (Å²) in [5.74, 6) is -0.943. The molecule has 0 amide bonds. The zero-order valence-corrected chi connectivity index (χ0v) is 10.5. The van der Waals surface area contributed by atoms with Crippen molar-refractivity contribution in [1.82, 2.24) is 4.98 Å². The minimum atomic E-state index is -1.00. The van der Waals surface area contributed by atoms with Gasteiger partial charge in [0.15, 0.2) is 6.10 Å². The Labute approximate surface area is 108 Å². The van der Waals surface area contributed by atoms with Crippen LogP contribution < -0.4 is 4.74 Å². The second kappa shape index (κ2) is 6.15. The molecule has 0 bridgehead atoms. The first-order chi connectivity index (χ1) is 8.45. The van der Waals surface area contributed by atoms with E-state index >= 15 is 0 Å². The number of carbonyl (C=O) groups excluding carboxylic acids is 1. The van der Waals surface area contributed by atoms with Crippen LogP contribution in [-0.2, 0) is 9.53 Å². The Morgan fingerprint density at radius 1 is 1.61 bits per heavy atom. The molecular formula is C10H11ClN2O5. The first-order valence-electron chi connectivity index (χ1n) is 5.10. The van der Waals surface area contributed by atoms with Gasteiger partial charge in [-0.2, -0.15) is 4.98 Å². The van der Waals surface area contributed by atoms with Crippen LogP contribution in [0.15, 0.2) is 12.1 Å². The molecular weight excluding hydrogens is 264 g/mol. The zero-order chi connectivity index (χ0) is 13.7. The van der Waals surface area contributed by atoms with Crippen molar-refractivity contribution in [3.8, 4) is 5.88 Å². The topological polar surface area (TPSA) is 91.6 Å². The van der Waals surface area contributed by atoms with E-state index in [0.29, 0.717) is 0 Å². The van der Waals surface area contributed by atoms with Gasteiger partial charge in [0.1, 0.15) is 5.15 Å². The van der Waals surface area contributed by atoms with Crippen LogP contribution in [-0.4, -0.2) is 28.6 Å². The number of hydrogen-bond donors (Lipinski definition) is 0. The van der Waals surface area contributed by atoms with Gasteiger partial charge in [-0.15, -0.1) is 0 Å². The van der Waals surface area contributed by atoms with E-state index in [1.165, 1.54) is 13.0 Å². The molecule has 1 unspecified atom stereocenters. The number of carbonyl (C=O) groups is 1. The molecule has 98 valence electrons. The Morgan fingerprint density at radius 3 is 2.83 bits per heavy atom. The molecule has 1 aromatic heterocycles. The molecule has 0 saturated carbocycles. The highest BCUT2D eigenvalue weighted by molar-refractivity contribution is 6.29. The molecule has 0 spiro atoms. The molecule has 0 aromatic carbocycles. The summed E-state index contributed by atoms with van der Waals surface area (Å²) in [6.45, 7) is 3.24. The van der Waals surface area contributed by atoms with Gasteiger partial charge in [0.2, 0.25) is 0 Å². The molecule has 0 aliphatic carbocycles. The summed E-state index contributed by atoms with van der Waals surface area (Å²) in [6, 6.07) is 2.42. The number of hydrogen-bond acceptors (Lipinski definition) is 6. The van der Waals surface area contributed by atoms with E-state index in [9.17, 15) is 14.9 Å². The molecule has 0 fully saturated rings. The highest BCUT2D eigenvalue weighted by atomic mass is 35.5. The van der Waals surface area contributed by atoms with Crippen molar-refractivity contribution in [2.45, 2.75) is 20.0 Å². The lowest BCUT2D eigenvalue weighted by molar-refractivity contribution is -0.386. The van der Waals surface area contributed by atoms with Crippen molar-refractivity contribution >= 4 is 23.3 Å². The fourth-order valence-corrected chi connectivity index (χ4v) is 1.25. The van der Waals surface area contributed by atoms with E-state index in [0.717, 1.165) is 6.07 Å². The molecule has 18 heavy (non-hydrogen) atoms. The lowest BCUT2D eigenvalue weighted by Crippen LogP contribution is -2.26. The van der Waals surface area contributed by atoms with Crippen molar-refractivity contribution in [3.05, 3.63) is 27.4 Å². The molecule has 0 aliphatic heterocycles. The minimum absolute atomic E-state index is 0.0339. The van der Waals surface area contributed by atoms with Gasteiger partial charge in [-0.1, -0.05) is 11.6 Å². The molecule has 7 nitrogen and oxygen atoms in total. The number of halogens is 1. The van der Waals surface area contributed by atoms with Gasteiger partial charge in [-0.05, 0) is 19.9 Å². The van der Waals surface area contributed by atoms with E-state index in [2.05, 4.69) is 4.98 Å². The molecule has 0 N–H and O–H groups in total. The quantitative estimate of drug-likeness (QED) is 0.353. The average Bonchev–Trinajstić information content (AvgIpc) is 2.28. The highest BCUT2D eigenvalue weighted by Crippen LogP contribution is 2.27. The third kappa shape index (κ3) is 3.56. The van der Waals surface area contributed by atoms with E-state index in [1.54, 1.807) is 6.92 Å². The molecule has 1 rings (SSSR count). The summed E-state index contributed by atoms with van der Waals surface area (Å²) >= 11 is 5.62. The molecule has 0 radical (unpaired) electrons. The van der Waals surface area contributed by atoms with E-state index < -0.39 is 17.0 Å². The van der Waals surface area contributed by atoms with E-state index in [4.69, 9.17) is 21.1 Å². The summed E-state index contributed by atoms with van der Waals surface area (Å²) in [4.78, 5) is 25.1. The Bertz CT molecular complexity index is 466. The maximum Gasteiger partial charge on any atom is 0.347 e. The Morgan fingerprint density at radius 2 is 2.28 bits per heavy atom. The Hall–Kier alpha value is -1.89. The van der Waals surface area contributed by atoms with Crippen molar-refractivity contribution in [3.63, 3.8) is 0 Å². The number of nitrogens with zero attached hydrogens (tertiary/aromatic N) is 2. The van der Waals surface area contributed by atoms with Crippen molar-refractivity contribution < 1.29 is 19.2 Å². The number of ether oxygens (including phenoxy) is 2. The SMILES string of the molecule is CCOC(=O)C(C)Oc1nc(Cl)ccc1[N+](=O)[O-]. The van der Waals surface area contributed by atoms with Gasteiger partial charge < -0.3 is 9.47 Å². The van der Waals surface area contributed by atoms with Gasteiger partial charge in [-0.25, -0.2) is 4.79 Å². The summed E-state index contributed by atoms with van der Waals surface area (Å²) in [5, 5.41) is 10.8. The largest absolute Gasteiger partial charge is 0.463 e. The van der Waals surface area contributed by atoms with E-state index in [1.807, 2.05) is 0 Å². The highest BCUT2D eigenvalue weighted by Gasteiger charge is 2.23. The van der Waals surface area contributed by atoms with Crippen LogP contribution in [0.2, 0.25) is 5.15 Å². The number of rotatable bonds is 5. The first-order valence-corrected chi connectivity index (χ1v) is 5.47. The fraction of sp³-hybridized carbons (Fsp3) is 0.400. The predicted octanol–water partition coefficient (Wildman–Crippen LogP) is 1.97. The van der Waals surface area contributed by atoms with Crippen LogP contribution in [0.25, 0.3) is 0 Å². The van der Waals surface area contributed by atoms with Crippen LogP contribution in [0, 0.1) is 10.1 Å². The molecule has 0 aliphatic rings. The smallest absolute Gasteiger partial charge is 0.347 e. The van der Waals surface area contributed by atoms with Gasteiger partial charge in [-0.3, -0.25) is 10.1 Å². The summed E-state index contributed by atoms with van der Waals surface area (Å²) in [6.07, 6.45) is -1.00. The Kier molecular flexibility index (Phi) is 4.85. The fourth-order valence-electron chi connectivity index (χ4n) is 1.11. The van der Waals surface area contributed by atoms with Crippen LogP contribution in [0.3, 0.4) is 0 Å². The summed E-state index contributed by atoms with van der Waals surface area (Å²) < 4.78 is 9.80. The van der Waals surface area contributed by atoms with Crippen LogP contribution in [0.4, 0.5) is 5.69 Å². The number of aromatic nitrogens is 1. The third-order valence-electron chi connectivity index (χ3n) is 1.91. The Balaban J connectivity index is 2.92. The van der Waals surface area contributed by atoms with Gasteiger partial charge in [0.25, 0.3) is 5.88 Å². The lowest BCUT2D eigenvalue weighted by Gasteiger charge is -2.12. The normalized spacial score (nSPS) is 11.7. The van der Waals surface area contributed by atoms with Gasteiger partial charge >= 0.3 is 11.7 Å². The van der Waals surface area contributed by atoms with Crippen molar-refractivity contribution in [2.75, 3.05) is 6.61 Å². The van der Waals surface area contributed by atoms with Crippen LogP contribution in [0.1, 0.15) is 13.8 Å². The van der Waals surface area contributed by atoms with Gasteiger partial charge in [0.05, 0.1) is 11.5 Å². The first kappa shape index (κ1) is 14.2. The van der Waals surface area contributed by atoms with E-state index in [-0.39, 0.29) is 23.3 Å². The number of pyridine rings is 1. The number of esters is 1. The third-order valence-corrected chi connectivity index (χ3v) is 2.12. The van der Waals surface area contributed by atoms with Gasteiger partial charge in [0, 0.05) is 6.07 Å². The second-order valence-corrected chi connectivity index (χ2v) is 3.61. The molecule has 1 heterocycles. The minimum Gasteiger partial charge on any atom is -0.463 e. The standard InChI is InChI=1S/C10H11ClN2O5/c1-3-17-10(14)6(2)18-9-7(13(15)16)4-5-8(11)12-9/h4-6H,3H2,1-2H3. The average molecular weight is 275 g/mol. The lowest BCUT2D eigenvalue weighted by atomic mass is 10.4. The van der Waals surface area contributed by atoms with Crippen LogP contribution in [0.5, 0.6) is 5.88 Å². The molecule has 1 aromatic rings. The summed E-state index contributed by atoms with van der Waals surface area (Å²) in [7, 11) is 0. The summed E-state index contributed by atoms with van der Waals surface area (Å²) in [5.41, 5.74) is -0.365. The zero-order valence-electron chi connectivity index (χ0n) is 9.75. The molecule has 8 heteroatoms. The van der Waals surface area contributed by atoms with Crippen LogP contribution >= 0.6 is 11.6 Å². The predicted molar refractivity (Wildman–Crippen MR) is 62.6 cm³/mol. The maximum atomic E-state index is 11.3.